The molecule has 5 fully saturated rings. The maximum Gasteiger partial charge on any atom is 4.00 e. The molecule has 0 spiro atoms. The summed E-state index contributed by atoms with van der Waals surface area (Å²) in [5.41, 5.74) is 5.41. The van der Waals surface area contributed by atoms with E-state index in [4.69, 9.17) is 10.6 Å². The largest absolute Gasteiger partial charge is 4.00 e. The van der Waals surface area contributed by atoms with Crippen molar-refractivity contribution in [1.29, 1.82) is 0 Å². The normalized spacial score (nSPS) is 43.2. The van der Waals surface area contributed by atoms with Gasteiger partial charge in [-0.1, -0.05) is 125 Å². The molecule has 9 nitrogen and oxygen atoms in total. The minimum Gasteiger partial charge on any atom is -2.00 e. The van der Waals surface area contributed by atoms with E-state index < -0.39 is 0 Å². The van der Waals surface area contributed by atoms with E-state index in [2.05, 4.69) is 80.4 Å². The fourth-order valence-electron chi connectivity index (χ4n) is 9.40. The topological polar surface area (TPSA) is 129 Å². The van der Waals surface area contributed by atoms with Crippen LogP contribution in [0.15, 0.2) is 48.5 Å². The predicted octanol–water partition coefficient (Wildman–Crippen LogP) is 4.53. The third-order valence-corrected chi connectivity index (χ3v) is 11.3. The second-order valence-electron chi connectivity index (χ2n) is 13.3. The Kier molecular flexibility index (Phi) is 8.39. The molecule has 0 aromatic heterocycles. The number of fused-ring (bicyclic) bond motifs is 20. The van der Waals surface area contributed by atoms with Crippen LogP contribution in [-0.4, -0.2) is 24.7 Å². The average molecular weight is 603 g/mol. The van der Waals surface area contributed by atoms with Crippen LogP contribution in [0.3, 0.4) is 0 Å². The summed E-state index contributed by atoms with van der Waals surface area (Å²) in [6, 6.07) is 17.9. The summed E-state index contributed by atoms with van der Waals surface area (Å²) in [5.74, 6) is 2.29. The van der Waals surface area contributed by atoms with Gasteiger partial charge < -0.3 is 37.4 Å². The summed E-state index contributed by atoms with van der Waals surface area (Å²) in [6.07, 6.45) is 11.2. The first-order valence-electron chi connectivity index (χ1n) is 15.9. The summed E-state index contributed by atoms with van der Waals surface area (Å²) in [5, 5.41) is 34.9. The standard InChI is InChI=1S/C32H42N8.O.Ti/c1-2-10-18-17(9-1)25-33-26(18)38-28-21-13-5-6-14-22(21)30(35-28)40-32-24-16-8-7-15-23(24)31(36-32)39-29-20-12-4-3-11-19(20)27(34-29)37-25;;/h1-2,7-10,15-16,19-22,25-33,36-40H,3-6,11-14H2;;/q2*-2;+4. The quantitative estimate of drug-likeness (QED) is 0.246. The summed E-state index contributed by atoms with van der Waals surface area (Å²) in [7, 11) is 0. The van der Waals surface area contributed by atoms with Crippen LogP contribution < -0.4 is 31.9 Å². The Morgan fingerprint density at radius 3 is 0.952 bits per heavy atom. The first-order chi connectivity index (χ1) is 19.8. The summed E-state index contributed by atoms with van der Waals surface area (Å²) >= 11 is 0. The van der Waals surface area contributed by atoms with E-state index in [0.29, 0.717) is 23.7 Å². The van der Waals surface area contributed by atoms with Crippen molar-refractivity contribution in [3.63, 3.8) is 0 Å². The summed E-state index contributed by atoms with van der Waals surface area (Å²) in [6.45, 7) is 0. The molecule has 3 saturated heterocycles. The SMILES string of the molecule is [O-2].[Ti+4].c1ccc2c(c1)C1NC2NC2[N-]C(NC3NC(NC4[N-]C(N1)C1CCCCC41)c1ccccc13)C1CCCCC21. The molecule has 5 aliphatic heterocycles. The molecule has 9 rings (SSSR count). The van der Waals surface area contributed by atoms with Crippen molar-refractivity contribution in [2.45, 2.75) is 101 Å². The zero-order valence-electron chi connectivity index (χ0n) is 24.0. The average Bonchev–Trinajstić information content (AvgIpc) is 3.73. The van der Waals surface area contributed by atoms with Gasteiger partial charge in [0.25, 0.3) is 0 Å². The second-order valence-corrected chi connectivity index (χ2v) is 13.3. The smallest absolute Gasteiger partial charge is 2.00 e. The third-order valence-electron chi connectivity index (χ3n) is 11.3. The first-order valence-corrected chi connectivity index (χ1v) is 15.9. The van der Waals surface area contributed by atoms with Gasteiger partial charge in [-0.05, 0) is 45.9 Å². The molecule has 12 unspecified atom stereocenters. The molecule has 2 aliphatic carbocycles. The van der Waals surface area contributed by atoms with Gasteiger partial charge in [-0.15, -0.1) is 0 Å². The molecule has 0 radical (unpaired) electrons. The Morgan fingerprint density at radius 2 is 0.690 bits per heavy atom. The van der Waals surface area contributed by atoms with E-state index in [-0.39, 0.29) is 76.5 Å². The van der Waals surface area contributed by atoms with Gasteiger partial charge in [0, 0.05) is 0 Å². The fourth-order valence-corrected chi connectivity index (χ4v) is 9.40. The molecule has 6 N–H and O–H groups in total. The number of rotatable bonds is 0. The van der Waals surface area contributed by atoms with Gasteiger partial charge in [0.05, 0.1) is 24.7 Å². The zero-order valence-corrected chi connectivity index (χ0v) is 25.6. The maximum atomic E-state index is 5.48. The number of nitrogens with one attached hydrogen (secondary N) is 6. The Balaban J connectivity index is 0.00000144. The van der Waals surface area contributed by atoms with E-state index in [9.17, 15) is 0 Å². The van der Waals surface area contributed by atoms with Gasteiger partial charge in [0.1, 0.15) is 0 Å². The molecule has 0 amide bonds. The van der Waals surface area contributed by atoms with Crippen LogP contribution in [-0.2, 0) is 27.2 Å². The van der Waals surface area contributed by atoms with Crippen molar-refractivity contribution in [3.8, 4) is 0 Å². The van der Waals surface area contributed by atoms with Crippen LogP contribution in [0.25, 0.3) is 10.6 Å². The van der Waals surface area contributed by atoms with Gasteiger partial charge >= 0.3 is 21.7 Å². The maximum absolute atomic E-state index is 5.48. The minimum atomic E-state index is 0. The van der Waals surface area contributed by atoms with E-state index in [0.717, 1.165) is 0 Å². The molecule has 12 atom stereocenters. The van der Waals surface area contributed by atoms with Gasteiger partial charge in [-0.25, -0.2) is 0 Å². The summed E-state index contributed by atoms with van der Waals surface area (Å²) < 4.78 is 0. The molecule has 5 heterocycles. The molecule has 10 heteroatoms. The summed E-state index contributed by atoms with van der Waals surface area (Å²) in [4.78, 5) is 0. The Hall–Kier alpha value is -1.21. The van der Waals surface area contributed by atoms with Crippen LogP contribution >= 0.6 is 0 Å². The second kappa shape index (κ2) is 11.9. The van der Waals surface area contributed by atoms with Crippen molar-refractivity contribution >= 4 is 0 Å². The van der Waals surface area contributed by atoms with E-state index in [1.54, 1.807) is 0 Å². The number of benzene rings is 2. The minimum absolute atomic E-state index is 0. The molecule has 42 heavy (non-hydrogen) atoms. The van der Waals surface area contributed by atoms with Crippen LogP contribution in [0.5, 0.6) is 0 Å². The van der Waals surface area contributed by atoms with Crippen molar-refractivity contribution in [2.24, 2.45) is 23.7 Å². The molecule has 220 valence electrons. The Morgan fingerprint density at radius 1 is 0.429 bits per heavy atom. The first kappa shape index (κ1) is 29.5. The molecule has 8 bridgehead atoms. The molecule has 2 aromatic carbocycles. The molecular weight excluding hydrogens is 560 g/mol. The van der Waals surface area contributed by atoms with E-state index in [1.165, 1.54) is 73.6 Å². The van der Waals surface area contributed by atoms with Gasteiger partial charge in [0.2, 0.25) is 0 Å². The van der Waals surface area contributed by atoms with Gasteiger partial charge in [0.15, 0.2) is 0 Å². The van der Waals surface area contributed by atoms with Crippen molar-refractivity contribution in [1.82, 2.24) is 31.9 Å². The predicted molar refractivity (Wildman–Crippen MR) is 156 cm³/mol. The zero-order chi connectivity index (χ0) is 26.2. The third kappa shape index (κ3) is 4.86. The molecular formula is C32H42N8OTi. The molecule has 2 aromatic rings. The van der Waals surface area contributed by atoms with Crippen molar-refractivity contribution < 1.29 is 27.2 Å². The van der Waals surface area contributed by atoms with E-state index >= 15 is 0 Å². The van der Waals surface area contributed by atoms with Gasteiger partial charge in [-0.3, -0.25) is 10.6 Å². The molecule has 7 aliphatic rings. The number of nitrogens with zero attached hydrogens (tertiary/aromatic N) is 2. The van der Waals surface area contributed by atoms with E-state index in [1.807, 2.05) is 0 Å². The monoisotopic (exact) mass is 602 g/mol. The van der Waals surface area contributed by atoms with Crippen molar-refractivity contribution in [3.05, 3.63) is 81.4 Å². The number of hydrogen-bond acceptors (Lipinski definition) is 6. The Bertz CT molecular complexity index is 1080. The van der Waals surface area contributed by atoms with Gasteiger partial charge in [-0.2, -0.15) is 0 Å². The Labute approximate surface area is 264 Å². The fraction of sp³-hybridized carbons (Fsp3) is 0.625. The van der Waals surface area contributed by atoms with Crippen LogP contribution in [0.2, 0.25) is 0 Å². The van der Waals surface area contributed by atoms with Crippen LogP contribution in [0.1, 0.15) is 98.3 Å². The van der Waals surface area contributed by atoms with Crippen molar-refractivity contribution in [2.75, 3.05) is 0 Å². The van der Waals surface area contributed by atoms with Crippen LogP contribution in [0, 0.1) is 23.7 Å². The van der Waals surface area contributed by atoms with Crippen LogP contribution in [0.4, 0.5) is 0 Å². The number of hydrogen-bond donors (Lipinski definition) is 6. The molecule has 2 saturated carbocycles.